The quantitative estimate of drug-likeness (QED) is 0.558. The number of rotatable bonds is 9. The Balaban J connectivity index is 2.34. The van der Waals surface area contributed by atoms with E-state index in [2.05, 4.69) is 26.0 Å². The molecule has 0 aliphatic carbocycles. The number of benzene rings is 1. The maximum Gasteiger partial charge on any atom is 0.240 e. The minimum Gasteiger partial charge on any atom is -0.356 e. The van der Waals surface area contributed by atoms with E-state index in [1.54, 1.807) is 12.1 Å². The molecule has 0 saturated carbocycles. The molecule has 4 N–H and O–H groups in total. The Morgan fingerprint density at radius 2 is 1.81 bits per heavy atom. The maximum absolute atomic E-state index is 12.0. The van der Waals surface area contributed by atoms with Gasteiger partial charge in [0.1, 0.15) is 0 Å². The van der Waals surface area contributed by atoms with Gasteiger partial charge in [0, 0.05) is 24.0 Å². The van der Waals surface area contributed by atoms with Crippen molar-refractivity contribution in [2.45, 2.75) is 24.2 Å². The molecule has 0 atom stereocenters. The fourth-order valence-electron chi connectivity index (χ4n) is 1.58. The molecule has 1 amide bonds. The summed E-state index contributed by atoms with van der Waals surface area (Å²) in [5, 5.41) is 2.72. The van der Waals surface area contributed by atoms with Gasteiger partial charge in [0.25, 0.3) is 0 Å². The smallest absolute Gasteiger partial charge is 0.240 e. The number of carbonyl (C=O) groups excluding carboxylic acids is 1. The molecule has 21 heavy (non-hydrogen) atoms. The molecule has 8 heteroatoms. The molecule has 1 rings (SSSR count). The van der Waals surface area contributed by atoms with Crippen molar-refractivity contribution in [3.63, 3.8) is 0 Å². The van der Waals surface area contributed by atoms with Crippen molar-refractivity contribution in [1.29, 1.82) is 0 Å². The van der Waals surface area contributed by atoms with Crippen molar-refractivity contribution in [2.75, 3.05) is 19.6 Å². The zero-order valence-corrected chi connectivity index (χ0v) is 14.0. The van der Waals surface area contributed by atoms with Crippen molar-refractivity contribution in [3.05, 3.63) is 28.7 Å². The highest BCUT2D eigenvalue weighted by molar-refractivity contribution is 9.10. The third-order valence-electron chi connectivity index (χ3n) is 2.72. The molecule has 0 saturated heterocycles. The summed E-state index contributed by atoms with van der Waals surface area (Å²) in [5.74, 6) is -0.175. The van der Waals surface area contributed by atoms with Gasteiger partial charge in [-0.25, -0.2) is 13.1 Å². The predicted octanol–water partition coefficient (Wildman–Crippen LogP) is 0.973. The molecule has 0 radical (unpaired) electrons. The number of carbonyl (C=O) groups is 1. The highest BCUT2D eigenvalue weighted by atomic mass is 79.9. The Morgan fingerprint density at radius 3 is 2.43 bits per heavy atom. The zero-order chi connectivity index (χ0) is 15.7. The van der Waals surface area contributed by atoms with Crippen LogP contribution >= 0.6 is 15.9 Å². The van der Waals surface area contributed by atoms with E-state index < -0.39 is 10.0 Å². The molecule has 0 aliphatic heterocycles. The molecule has 0 spiro atoms. The molecule has 0 aromatic heterocycles. The predicted molar refractivity (Wildman–Crippen MR) is 85.2 cm³/mol. The molecular weight excluding hydrogens is 358 g/mol. The minimum atomic E-state index is -3.57. The average molecular weight is 378 g/mol. The second kappa shape index (κ2) is 9.14. The summed E-state index contributed by atoms with van der Waals surface area (Å²) in [6.07, 6.45) is 1.79. The lowest BCUT2D eigenvalue weighted by Crippen LogP contribution is -2.31. The Labute approximate surface area is 133 Å². The van der Waals surface area contributed by atoms with Crippen molar-refractivity contribution < 1.29 is 13.2 Å². The second-order valence-electron chi connectivity index (χ2n) is 4.45. The van der Waals surface area contributed by atoms with Gasteiger partial charge in [0.15, 0.2) is 0 Å². The van der Waals surface area contributed by atoms with Gasteiger partial charge < -0.3 is 11.1 Å². The van der Waals surface area contributed by atoms with Gasteiger partial charge in [-0.3, -0.25) is 4.79 Å². The van der Waals surface area contributed by atoms with E-state index in [9.17, 15) is 13.2 Å². The number of sulfonamides is 1. The summed E-state index contributed by atoms with van der Waals surface area (Å²) in [6.45, 7) is 1.24. The second-order valence-corrected chi connectivity index (χ2v) is 7.13. The highest BCUT2D eigenvalue weighted by Gasteiger charge is 2.13. The monoisotopic (exact) mass is 377 g/mol. The van der Waals surface area contributed by atoms with E-state index >= 15 is 0 Å². The van der Waals surface area contributed by atoms with Gasteiger partial charge in [-0.15, -0.1) is 0 Å². The Morgan fingerprint density at radius 1 is 1.14 bits per heavy atom. The highest BCUT2D eigenvalue weighted by Crippen LogP contribution is 2.14. The van der Waals surface area contributed by atoms with Crippen LogP contribution in [0.5, 0.6) is 0 Å². The standard InChI is InChI=1S/C13H20BrN3O3S/c14-11-3-5-12(6-4-11)21(19,20)17-10-7-13(18)16-9-2-1-8-15/h3-6,17H,1-2,7-10,15H2,(H,16,18). The van der Waals surface area contributed by atoms with Crippen molar-refractivity contribution in [3.8, 4) is 0 Å². The van der Waals surface area contributed by atoms with Crippen LogP contribution in [0.4, 0.5) is 0 Å². The Kier molecular flexibility index (Phi) is 7.87. The molecule has 1 aromatic rings. The van der Waals surface area contributed by atoms with Gasteiger partial charge in [-0.2, -0.15) is 0 Å². The van der Waals surface area contributed by atoms with Gasteiger partial charge >= 0.3 is 0 Å². The number of halogens is 1. The van der Waals surface area contributed by atoms with Crippen LogP contribution in [-0.2, 0) is 14.8 Å². The number of hydrogen-bond donors (Lipinski definition) is 3. The molecule has 0 bridgehead atoms. The van der Waals surface area contributed by atoms with E-state index in [0.717, 1.165) is 17.3 Å². The third kappa shape index (κ3) is 7.03. The first-order valence-electron chi connectivity index (χ1n) is 6.67. The third-order valence-corrected chi connectivity index (χ3v) is 4.73. The summed E-state index contributed by atoms with van der Waals surface area (Å²) in [4.78, 5) is 11.7. The van der Waals surface area contributed by atoms with Gasteiger partial charge in [0.05, 0.1) is 4.90 Å². The average Bonchev–Trinajstić information content (AvgIpc) is 2.44. The topological polar surface area (TPSA) is 101 Å². The van der Waals surface area contributed by atoms with Crippen LogP contribution < -0.4 is 15.8 Å². The lowest BCUT2D eigenvalue weighted by atomic mass is 10.3. The normalized spacial score (nSPS) is 11.3. The van der Waals surface area contributed by atoms with E-state index in [-0.39, 0.29) is 23.8 Å². The number of unbranched alkanes of at least 4 members (excludes halogenated alkanes) is 1. The number of nitrogens with two attached hydrogens (primary N) is 1. The van der Waals surface area contributed by atoms with Crippen molar-refractivity contribution in [2.24, 2.45) is 5.73 Å². The first kappa shape index (κ1) is 18.1. The summed E-state index contributed by atoms with van der Waals surface area (Å²) in [7, 11) is -3.57. The SMILES string of the molecule is NCCCCNC(=O)CCNS(=O)(=O)c1ccc(Br)cc1. The first-order chi connectivity index (χ1) is 9.95. The van der Waals surface area contributed by atoms with Crippen LogP contribution in [0.3, 0.4) is 0 Å². The summed E-state index contributed by atoms with van der Waals surface area (Å²) in [6, 6.07) is 6.30. The molecular formula is C13H20BrN3O3S. The van der Waals surface area contributed by atoms with Crippen LogP contribution in [0.1, 0.15) is 19.3 Å². The molecule has 1 aromatic carbocycles. The fraction of sp³-hybridized carbons (Fsp3) is 0.462. The Bertz CT molecular complexity index is 546. The largest absolute Gasteiger partial charge is 0.356 e. The van der Waals surface area contributed by atoms with Gasteiger partial charge in [-0.1, -0.05) is 15.9 Å². The fourth-order valence-corrected chi connectivity index (χ4v) is 2.88. The van der Waals surface area contributed by atoms with Crippen LogP contribution in [0, 0.1) is 0 Å². The number of nitrogens with one attached hydrogen (secondary N) is 2. The van der Waals surface area contributed by atoms with Crippen molar-refractivity contribution >= 4 is 31.9 Å². The van der Waals surface area contributed by atoms with Gasteiger partial charge in [0.2, 0.25) is 15.9 Å². The summed E-state index contributed by atoms with van der Waals surface area (Å²) in [5.41, 5.74) is 5.35. The molecule has 0 aliphatic rings. The first-order valence-corrected chi connectivity index (χ1v) is 8.95. The van der Waals surface area contributed by atoms with Crippen LogP contribution in [0.2, 0.25) is 0 Å². The van der Waals surface area contributed by atoms with Gasteiger partial charge in [-0.05, 0) is 43.7 Å². The minimum absolute atomic E-state index is 0.0706. The summed E-state index contributed by atoms with van der Waals surface area (Å²) < 4.78 is 27.1. The lowest BCUT2D eigenvalue weighted by molar-refractivity contribution is -0.120. The number of amides is 1. The molecule has 118 valence electrons. The zero-order valence-electron chi connectivity index (χ0n) is 11.6. The molecule has 6 nitrogen and oxygen atoms in total. The Hall–Kier alpha value is -0.960. The van der Waals surface area contributed by atoms with Crippen LogP contribution in [-0.4, -0.2) is 34.0 Å². The van der Waals surface area contributed by atoms with Crippen LogP contribution in [0.25, 0.3) is 0 Å². The molecule has 0 unspecified atom stereocenters. The molecule has 0 heterocycles. The van der Waals surface area contributed by atoms with E-state index in [1.165, 1.54) is 12.1 Å². The molecule has 0 fully saturated rings. The van der Waals surface area contributed by atoms with E-state index in [4.69, 9.17) is 5.73 Å². The number of hydrogen-bond acceptors (Lipinski definition) is 4. The summed E-state index contributed by atoms with van der Waals surface area (Å²) >= 11 is 3.24. The van der Waals surface area contributed by atoms with E-state index in [1.807, 2.05) is 0 Å². The lowest BCUT2D eigenvalue weighted by Gasteiger charge is -2.07. The van der Waals surface area contributed by atoms with Crippen LogP contribution in [0.15, 0.2) is 33.6 Å². The maximum atomic E-state index is 12.0. The van der Waals surface area contributed by atoms with Crippen molar-refractivity contribution in [1.82, 2.24) is 10.0 Å². The van der Waals surface area contributed by atoms with E-state index in [0.29, 0.717) is 13.1 Å².